The van der Waals surface area contributed by atoms with E-state index >= 15 is 0 Å². The molecule has 21 heavy (non-hydrogen) atoms. The maximum atomic E-state index is 12.3. The fourth-order valence-electron chi connectivity index (χ4n) is 5.70. The van der Waals surface area contributed by atoms with E-state index < -0.39 is 0 Å². The lowest BCUT2D eigenvalue weighted by molar-refractivity contribution is -0.115. The highest BCUT2D eigenvalue weighted by Crippen LogP contribution is 2.62. The van der Waals surface area contributed by atoms with Gasteiger partial charge in [0.1, 0.15) is 5.75 Å². The number of rotatable bonds is 1. The molecule has 4 aliphatic carbocycles. The zero-order chi connectivity index (χ0) is 14.1. The second kappa shape index (κ2) is 4.00. The van der Waals surface area contributed by atoms with E-state index in [1.807, 2.05) is 0 Å². The van der Waals surface area contributed by atoms with E-state index in [-0.39, 0.29) is 0 Å². The second-order valence-corrected chi connectivity index (χ2v) is 7.21. The molecule has 1 saturated carbocycles. The third-order valence-electron chi connectivity index (χ3n) is 6.43. The SMILES string of the molecule is COc1ccc2c(c1)[C@H]1CC3CC4=C(C(=O)CC4)C3[C@H]1C2. The maximum Gasteiger partial charge on any atom is 0.159 e. The molecule has 0 N–H and O–H groups in total. The number of carbonyl (C=O) groups excluding carboxylic acids is 1. The Kier molecular flexibility index (Phi) is 2.29. The molecule has 2 unspecified atom stereocenters. The van der Waals surface area contributed by atoms with Crippen molar-refractivity contribution in [2.45, 2.75) is 38.0 Å². The summed E-state index contributed by atoms with van der Waals surface area (Å²) in [7, 11) is 1.74. The predicted molar refractivity (Wildman–Crippen MR) is 80.4 cm³/mol. The van der Waals surface area contributed by atoms with Crippen LogP contribution in [0.25, 0.3) is 0 Å². The second-order valence-electron chi connectivity index (χ2n) is 7.21. The molecule has 4 atom stereocenters. The van der Waals surface area contributed by atoms with E-state index in [1.54, 1.807) is 7.11 Å². The Morgan fingerprint density at radius 2 is 2.10 bits per heavy atom. The van der Waals surface area contributed by atoms with E-state index in [4.69, 9.17) is 4.74 Å². The molecule has 2 heteroatoms. The van der Waals surface area contributed by atoms with E-state index in [0.29, 0.717) is 23.5 Å². The van der Waals surface area contributed by atoms with Crippen LogP contribution < -0.4 is 4.74 Å². The Bertz CT molecular complexity index is 685. The van der Waals surface area contributed by atoms with Crippen molar-refractivity contribution in [2.24, 2.45) is 17.8 Å². The molecule has 2 nitrogen and oxygen atoms in total. The van der Waals surface area contributed by atoms with Gasteiger partial charge in [0, 0.05) is 6.42 Å². The summed E-state index contributed by atoms with van der Waals surface area (Å²) in [6, 6.07) is 6.56. The van der Waals surface area contributed by atoms with Crippen molar-refractivity contribution in [3.8, 4) is 5.75 Å². The van der Waals surface area contributed by atoms with Gasteiger partial charge < -0.3 is 4.74 Å². The number of allylic oxidation sites excluding steroid dienone is 2. The molecule has 1 aromatic rings. The molecular formula is C19H20O2. The lowest BCUT2D eigenvalue weighted by Gasteiger charge is -2.20. The lowest BCUT2D eigenvalue weighted by atomic mass is 9.83. The Balaban J connectivity index is 1.55. The summed E-state index contributed by atoms with van der Waals surface area (Å²) in [6.07, 6.45) is 5.48. The summed E-state index contributed by atoms with van der Waals surface area (Å²) in [5, 5.41) is 0. The number of hydrogen-bond donors (Lipinski definition) is 0. The summed E-state index contributed by atoms with van der Waals surface area (Å²) in [5.74, 6) is 4.08. The number of fused-ring (bicyclic) bond motifs is 6. The van der Waals surface area contributed by atoms with E-state index in [0.717, 1.165) is 30.9 Å². The van der Waals surface area contributed by atoms with Crippen molar-refractivity contribution in [3.05, 3.63) is 40.5 Å². The van der Waals surface area contributed by atoms with E-state index in [1.165, 1.54) is 35.1 Å². The van der Waals surface area contributed by atoms with Gasteiger partial charge in [-0.1, -0.05) is 11.6 Å². The zero-order valence-corrected chi connectivity index (χ0v) is 12.4. The monoisotopic (exact) mass is 280 g/mol. The number of benzene rings is 1. The van der Waals surface area contributed by atoms with Crippen LogP contribution in [0.2, 0.25) is 0 Å². The third-order valence-corrected chi connectivity index (χ3v) is 6.43. The van der Waals surface area contributed by atoms with Crippen LogP contribution in [0.4, 0.5) is 0 Å². The molecule has 0 saturated heterocycles. The van der Waals surface area contributed by atoms with Gasteiger partial charge in [-0.3, -0.25) is 4.79 Å². The Labute approximate surface area is 125 Å². The average Bonchev–Trinajstić information content (AvgIpc) is 3.18. The summed E-state index contributed by atoms with van der Waals surface area (Å²) in [4.78, 5) is 12.3. The molecule has 4 aliphatic rings. The van der Waals surface area contributed by atoms with Crippen LogP contribution in [0, 0.1) is 17.8 Å². The highest BCUT2D eigenvalue weighted by molar-refractivity contribution is 6.00. The standard InChI is InChI=1S/C19H20O2/c1-21-13-4-2-10-7-16-15(14(10)9-13)8-12-6-11-3-5-17(20)19(11)18(12)16/h2,4,9,12,15-16,18H,3,5-8H2,1H3/t12?,15-,16+,18?/m1/s1. The number of methoxy groups -OCH3 is 1. The van der Waals surface area contributed by atoms with E-state index in [2.05, 4.69) is 18.2 Å². The molecule has 0 spiro atoms. The summed E-state index contributed by atoms with van der Waals surface area (Å²) < 4.78 is 5.40. The normalized spacial score (nSPS) is 35.8. The van der Waals surface area contributed by atoms with Gasteiger partial charge in [0.25, 0.3) is 0 Å². The van der Waals surface area contributed by atoms with Crippen LogP contribution in [0.3, 0.4) is 0 Å². The van der Waals surface area contributed by atoms with Crippen LogP contribution >= 0.6 is 0 Å². The van der Waals surface area contributed by atoms with Crippen molar-refractivity contribution in [2.75, 3.05) is 7.11 Å². The number of ether oxygens (including phenoxy) is 1. The minimum Gasteiger partial charge on any atom is -0.497 e. The first kappa shape index (κ1) is 12.0. The molecule has 0 aliphatic heterocycles. The molecular weight excluding hydrogens is 260 g/mol. The highest BCUT2D eigenvalue weighted by Gasteiger charge is 2.54. The molecule has 0 radical (unpaired) electrons. The molecule has 1 aromatic carbocycles. The Hall–Kier alpha value is -1.57. The van der Waals surface area contributed by atoms with Crippen LogP contribution in [0.1, 0.15) is 42.7 Å². The number of Topliss-reactive ketones (excluding diaryl/α,β-unsaturated/α-hetero) is 1. The van der Waals surface area contributed by atoms with Crippen LogP contribution in [-0.4, -0.2) is 12.9 Å². The average molecular weight is 280 g/mol. The lowest BCUT2D eigenvalue weighted by Crippen LogP contribution is -2.18. The van der Waals surface area contributed by atoms with Crippen LogP contribution in [0.15, 0.2) is 29.3 Å². The largest absolute Gasteiger partial charge is 0.497 e. The van der Waals surface area contributed by atoms with Gasteiger partial charge in [0.05, 0.1) is 7.11 Å². The smallest absolute Gasteiger partial charge is 0.159 e. The third kappa shape index (κ3) is 1.46. The van der Waals surface area contributed by atoms with Gasteiger partial charge in [-0.15, -0.1) is 0 Å². The quantitative estimate of drug-likeness (QED) is 0.785. The van der Waals surface area contributed by atoms with Crippen molar-refractivity contribution < 1.29 is 9.53 Å². The summed E-state index contributed by atoms with van der Waals surface area (Å²) >= 11 is 0. The minimum atomic E-state index is 0.465. The van der Waals surface area contributed by atoms with Gasteiger partial charge in [0.15, 0.2) is 5.78 Å². The first-order valence-corrected chi connectivity index (χ1v) is 8.18. The maximum absolute atomic E-state index is 12.3. The van der Waals surface area contributed by atoms with E-state index in [9.17, 15) is 4.79 Å². The van der Waals surface area contributed by atoms with Crippen molar-refractivity contribution in [1.82, 2.24) is 0 Å². The number of hydrogen-bond acceptors (Lipinski definition) is 2. The Morgan fingerprint density at radius 1 is 1.19 bits per heavy atom. The molecule has 0 aromatic heterocycles. The molecule has 5 rings (SSSR count). The fourth-order valence-corrected chi connectivity index (χ4v) is 5.70. The van der Waals surface area contributed by atoms with Gasteiger partial charge in [-0.25, -0.2) is 0 Å². The highest BCUT2D eigenvalue weighted by atomic mass is 16.5. The first-order valence-electron chi connectivity index (χ1n) is 8.18. The van der Waals surface area contributed by atoms with Gasteiger partial charge in [0.2, 0.25) is 0 Å². The molecule has 0 amide bonds. The van der Waals surface area contributed by atoms with Gasteiger partial charge in [-0.05, 0) is 78.2 Å². The van der Waals surface area contributed by atoms with Crippen molar-refractivity contribution in [1.29, 1.82) is 0 Å². The molecule has 0 bridgehead atoms. The summed E-state index contributed by atoms with van der Waals surface area (Å²) in [6.45, 7) is 0. The fraction of sp³-hybridized carbons (Fsp3) is 0.526. The minimum absolute atomic E-state index is 0.465. The first-order chi connectivity index (χ1) is 10.3. The molecule has 1 fully saturated rings. The molecule has 108 valence electrons. The summed E-state index contributed by atoms with van der Waals surface area (Å²) in [5.41, 5.74) is 5.78. The Morgan fingerprint density at radius 3 is 2.95 bits per heavy atom. The van der Waals surface area contributed by atoms with Crippen molar-refractivity contribution in [3.63, 3.8) is 0 Å². The van der Waals surface area contributed by atoms with Crippen LogP contribution in [-0.2, 0) is 11.2 Å². The van der Waals surface area contributed by atoms with Gasteiger partial charge in [-0.2, -0.15) is 0 Å². The number of carbonyl (C=O) groups is 1. The predicted octanol–water partition coefficient (Wildman–Crippen LogP) is 3.65. The molecule has 0 heterocycles. The van der Waals surface area contributed by atoms with Gasteiger partial charge >= 0.3 is 0 Å². The topological polar surface area (TPSA) is 26.3 Å². The number of ketones is 1. The van der Waals surface area contributed by atoms with Crippen LogP contribution in [0.5, 0.6) is 5.75 Å². The van der Waals surface area contributed by atoms with Crippen molar-refractivity contribution >= 4 is 5.78 Å². The zero-order valence-electron chi connectivity index (χ0n) is 12.4.